The van der Waals surface area contributed by atoms with Gasteiger partial charge in [-0.15, -0.1) is 0 Å². The van der Waals surface area contributed by atoms with E-state index in [0.717, 1.165) is 28.3 Å². The number of hydrogen-bond donors (Lipinski definition) is 2. The van der Waals surface area contributed by atoms with Crippen molar-refractivity contribution in [2.24, 2.45) is 0 Å². The van der Waals surface area contributed by atoms with Crippen LogP contribution in [0.1, 0.15) is 27.3 Å². The molecule has 126 valence electrons. The van der Waals surface area contributed by atoms with Crippen LogP contribution in [0.3, 0.4) is 0 Å². The van der Waals surface area contributed by atoms with E-state index in [2.05, 4.69) is 20.6 Å². The fraction of sp³-hybridized carbons (Fsp3) is 0.150. The van der Waals surface area contributed by atoms with E-state index in [9.17, 15) is 4.79 Å². The van der Waals surface area contributed by atoms with Gasteiger partial charge in [-0.2, -0.15) is 0 Å². The van der Waals surface area contributed by atoms with Crippen molar-refractivity contribution in [3.05, 3.63) is 77.1 Å². The lowest BCUT2D eigenvalue weighted by Crippen LogP contribution is -2.12. The van der Waals surface area contributed by atoms with E-state index in [1.165, 1.54) is 0 Å². The van der Waals surface area contributed by atoms with E-state index >= 15 is 0 Å². The predicted octanol–water partition coefficient (Wildman–Crippen LogP) is 4.40. The molecule has 0 atom stereocenters. The van der Waals surface area contributed by atoms with Crippen LogP contribution in [0, 0.1) is 20.8 Å². The maximum absolute atomic E-state index is 12.4. The number of anilines is 3. The number of carbonyl (C=O) groups excluding carboxylic acids is 1. The third kappa shape index (κ3) is 4.20. The first kappa shape index (κ1) is 16.6. The van der Waals surface area contributed by atoms with Gasteiger partial charge in [0.25, 0.3) is 5.91 Å². The summed E-state index contributed by atoms with van der Waals surface area (Å²) in [5.74, 6) is 0.415. The zero-order valence-electron chi connectivity index (χ0n) is 14.5. The second kappa shape index (κ2) is 7.13. The van der Waals surface area contributed by atoms with Gasteiger partial charge in [-0.05, 0) is 62.7 Å². The Kier molecular flexibility index (Phi) is 4.75. The average molecular weight is 332 g/mol. The Balaban J connectivity index is 1.71. The van der Waals surface area contributed by atoms with E-state index in [0.29, 0.717) is 11.5 Å². The Hall–Kier alpha value is -3.21. The summed E-state index contributed by atoms with van der Waals surface area (Å²) in [5, 5.41) is 6.08. The summed E-state index contributed by atoms with van der Waals surface area (Å²) < 4.78 is 0. The molecule has 25 heavy (non-hydrogen) atoms. The van der Waals surface area contributed by atoms with Gasteiger partial charge in [0, 0.05) is 28.3 Å². The van der Waals surface area contributed by atoms with Crippen LogP contribution < -0.4 is 10.6 Å². The highest BCUT2D eigenvalue weighted by atomic mass is 16.1. The molecule has 3 rings (SSSR count). The lowest BCUT2D eigenvalue weighted by Gasteiger charge is -2.09. The summed E-state index contributed by atoms with van der Waals surface area (Å²) in [5.41, 5.74) is 5.08. The molecule has 1 aromatic heterocycles. The number of aromatic nitrogens is 2. The van der Waals surface area contributed by atoms with Gasteiger partial charge >= 0.3 is 0 Å². The molecule has 2 aromatic carbocycles. The normalized spacial score (nSPS) is 10.4. The highest BCUT2D eigenvalue weighted by molar-refractivity contribution is 6.04. The second-order valence-corrected chi connectivity index (χ2v) is 5.95. The smallest absolute Gasteiger partial charge is 0.255 e. The predicted molar refractivity (Wildman–Crippen MR) is 100 cm³/mol. The number of amides is 1. The van der Waals surface area contributed by atoms with Crippen molar-refractivity contribution < 1.29 is 4.79 Å². The van der Waals surface area contributed by atoms with Crippen molar-refractivity contribution in [3.8, 4) is 0 Å². The van der Waals surface area contributed by atoms with Crippen molar-refractivity contribution in [2.45, 2.75) is 20.8 Å². The molecule has 1 amide bonds. The van der Waals surface area contributed by atoms with Crippen LogP contribution >= 0.6 is 0 Å². The van der Waals surface area contributed by atoms with Gasteiger partial charge in [0.05, 0.1) is 0 Å². The van der Waals surface area contributed by atoms with Gasteiger partial charge in [-0.25, -0.2) is 9.97 Å². The molecule has 3 aromatic rings. The number of rotatable bonds is 4. The van der Waals surface area contributed by atoms with E-state index in [1.54, 1.807) is 12.1 Å². The minimum atomic E-state index is -0.136. The van der Waals surface area contributed by atoms with Crippen LogP contribution in [0.4, 0.5) is 17.3 Å². The maximum atomic E-state index is 12.4. The first-order valence-electron chi connectivity index (χ1n) is 8.07. The highest BCUT2D eigenvalue weighted by Crippen LogP contribution is 2.17. The van der Waals surface area contributed by atoms with Gasteiger partial charge in [0.2, 0.25) is 5.95 Å². The maximum Gasteiger partial charge on any atom is 0.255 e. The number of benzene rings is 2. The van der Waals surface area contributed by atoms with Crippen molar-refractivity contribution in [2.75, 3.05) is 10.6 Å². The van der Waals surface area contributed by atoms with Crippen molar-refractivity contribution in [1.82, 2.24) is 9.97 Å². The van der Waals surface area contributed by atoms with Crippen LogP contribution in [0.25, 0.3) is 0 Å². The van der Waals surface area contributed by atoms with Crippen molar-refractivity contribution >= 4 is 23.2 Å². The Labute approximate surface area is 147 Å². The van der Waals surface area contributed by atoms with E-state index in [1.807, 2.05) is 63.2 Å². The minimum absolute atomic E-state index is 0.136. The molecule has 2 N–H and O–H groups in total. The Bertz CT molecular complexity index is 884. The van der Waals surface area contributed by atoms with Crippen LogP contribution in [0.5, 0.6) is 0 Å². The van der Waals surface area contributed by atoms with Crippen LogP contribution in [0.2, 0.25) is 0 Å². The number of nitrogens with one attached hydrogen (secondary N) is 2. The number of para-hydroxylation sites is 1. The van der Waals surface area contributed by atoms with E-state index < -0.39 is 0 Å². The molecule has 5 heteroatoms. The molecule has 5 nitrogen and oxygen atoms in total. The molecule has 0 aliphatic rings. The SMILES string of the molecule is Cc1cc(C)nc(Nc2ccc(C(=O)Nc3ccccc3C)cc2)n1. The van der Waals surface area contributed by atoms with Crippen LogP contribution in [-0.2, 0) is 0 Å². The summed E-state index contributed by atoms with van der Waals surface area (Å²) in [6.45, 7) is 5.82. The van der Waals surface area contributed by atoms with Crippen molar-refractivity contribution in [3.63, 3.8) is 0 Å². The third-order valence-electron chi connectivity index (χ3n) is 3.78. The van der Waals surface area contributed by atoms with Crippen LogP contribution in [0.15, 0.2) is 54.6 Å². The van der Waals surface area contributed by atoms with Gasteiger partial charge in [-0.1, -0.05) is 18.2 Å². The van der Waals surface area contributed by atoms with Gasteiger partial charge in [0.1, 0.15) is 0 Å². The fourth-order valence-electron chi connectivity index (χ4n) is 2.52. The number of aryl methyl sites for hydroxylation is 3. The molecule has 0 saturated heterocycles. The molecule has 0 unspecified atom stereocenters. The molecular weight excluding hydrogens is 312 g/mol. The monoisotopic (exact) mass is 332 g/mol. The standard InChI is InChI=1S/C20H20N4O/c1-13-6-4-5-7-18(13)24-19(25)16-8-10-17(11-9-16)23-20-21-14(2)12-15(3)22-20/h4-12H,1-3H3,(H,24,25)(H,21,22,23). The number of hydrogen-bond acceptors (Lipinski definition) is 4. The third-order valence-corrected chi connectivity index (χ3v) is 3.78. The van der Waals surface area contributed by atoms with Crippen molar-refractivity contribution in [1.29, 1.82) is 0 Å². The molecule has 0 radical (unpaired) electrons. The number of nitrogens with zero attached hydrogens (tertiary/aromatic N) is 2. The van der Waals surface area contributed by atoms with Gasteiger partial charge in [-0.3, -0.25) is 4.79 Å². The lowest BCUT2D eigenvalue weighted by molar-refractivity contribution is 0.102. The Morgan fingerprint density at radius 3 is 2.16 bits per heavy atom. The molecule has 0 fully saturated rings. The summed E-state index contributed by atoms with van der Waals surface area (Å²) in [4.78, 5) is 21.1. The molecule has 1 heterocycles. The summed E-state index contributed by atoms with van der Waals surface area (Å²) in [6.07, 6.45) is 0. The quantitative estimate of drug-likeness (QED) is 0.743. The highest BCUT2D eigenvalue weighted by Gasteiger charge is 2.08. The summed E-state index contributed by atoms with van der Waals surface area (Å²) in [6, 6.07) is 16.9. The first-order chi connectivity index (χ1) is 12.0. The molecule has 0 aliphatic carbocycles. The minimum Gasteiger partial charge on any atom is -0.324 e. The largest absolute Gasteiger partial charge is 0.324 e. The van der Waals surface area contributed by atoms with E-state index in [-0.39, 0.29) is 5.91 Å². The summed E-state index contributed by atoms with van der Waals surface area (Å²) in [7, 11) is 0. The second-order valence-electron chi connectivity index (χ2n) is 5.95. The molecular formula is C20H20N4O. The topological polar surface area (TPSA) is 66.9 Å². The Morgan fingerprint density at radius 2 is 1.52 bits per heavy atom. The molecule has 0 bridgehead atoms. The van der Waals surface area contributed by atoms with Gasteiger partial charge < -0.3 is 10.6 Å². The molecule has 0 aliphatic heterocycles. The fourth-order valence-corrected chi connectivity index (χ4v) is 2.52. The van der Waals surface area contributed by atoms with Gasteiger partial charge in [0.15, 0.2) is 0 Å². The molecule has 0 saturated carbocycles. The first-order valence-corrected chi connectivity index (χ1v) is 8.07. The Morgan fingerprint density at radius 1 is 0.880 bits per heavy atom. The number of carbonyl (C=O) groups is 1. The average Bonchev–Trinajstić information content (AvgIpc) is 2.56. The zero-order chi connectivity index (χ0) is 17.8. The zero-order valence-corrected chi connectivity index (χ0v) is 14.5. The molecule has 0 spiro atoms. The van der Waals surface area contributed by atoms with E-state index in [4.69, 9.17) is 0 Å². The summed E-state index contributed by atoms with van der Waals surface area (Å²) >= 11 is 0. The van der Waals surface area contributed by atoms with Crippen LogP contribution in [-0.4, -0.2) is 15.9 Å². The lowest BCUT2D eigenvalue weighted by atomic mass is 10.1.